The number of carbonyl (C=O) groups is 5. The third-order valence-corrected chi connectivity index (χ3v) is 10.6. The Morgan fingerprint density at radius 2 is 1.64 bits per heavy atom. The van der Waals surface area contributed by atoms with Crippen LogP contribution in [0.2, 0.25) is 0 Å². The van der Waals surface area contributed by atoms with Gasteiger partial charge in [0.15, 0.2) is 0 Å². The number of hydrogen-bond donors (Lipinski definition) is 4. The zero-order valence-corrected chi connectivity index (χ0v) is 33.1. The zero-order chi connectivity index (χ0) is 40.6. The second-order valence-corrected chi connectivity index (χ2v) is 15.7. The van der Waals surface area contributed by atoms with E-state index in [4.69, 9.17) is 19.2 Å². The molecule has 0 unspecified atom stereocenters. The van der Waals surface area contributed by atoms with Crippen LogP contribution in [0.25, 0.3) is 22.2 Å². The number of aromatic nitrogens is 1. The molecule has 1 aromatic heterocycles. The molecule has 1 heterocycles. The van der Waals surface area contributed by atoms with Crippen LogP contribution in [0.5, 0.6) is 11.5 Å². The van der Waals surface area contributed by atoms with E-state index in [0.29, 0.717) is 34.5 Å². The van der Waals surface area contributed by atoms with E-state index in [-0.39, 0.29) is 24.3 Å². The minimum absolute atomic E-state index is 0.0200. The number of nitrogens with one attached hydrogen (secondary N) is 3. The fourth-order valence-electron chi connectivity index (χ4n) is 7.54. The first-order chi connectivity index (χ1) is 26.7. The quantitative estimate of drug-likeness (QED) is 0.139. The number of rotatable bonds is 15. The van der Waals surface area contributed by atoms with Crippen LogP contribution in [-0.4, -0.2) is 78.2 Å². The van der Waals surface area contributed by atoms with E-state index in [9.17, 15) is 29.1 Å². The van der Waals surface area contributed by atoms with Crippen molar-refractivity contribution in [2.75, 3.05) is 14.2 Å². The Morgan fingerprint density at radius 3 is 2.27 bits per heavy atom. The third-order valence-electron chi connectivity index (χ3n) is 10.6. The Labute approximate surface area is 327 Å². The fraction of sp³-hybridized carbons (Fsp3) is 0.488. The average Bonchev–Trinajstić information content (AvgIpc) is 3.62. The third kappa shape index (κ3) is 10.0. The van der Waals surface area contributed by atoms with Crippen molar-refractivity contribution >= 4 is 40.6 Å². The van der Waals surface area contributed by atoms with Crippen LogP contribution in [0.15, 0.2) is 66.2 Å². The SMILES string of the molecule is CCC[C@H](NC(=O)[C@@H]1C[C@@H](Oc2cc(-c3ccccc3)nc3cc(OC)ccc23)C=C1C(=O)N[C@@H](C(=O)N[C@H](C(=O)OC)C1CCCCC1)C(C)(C)C)C(=O)O. The number of carbonyl (C=O) groups excluding carboxylic acids is 4. The molecule has 2 aliphatic rings. The van der Waals surface area contributed by atoms with Crippen LogP contribution < -0.4 is 25.4 Å². The summed E-state index contributed by atoms with van der Waals surface area (Å²) in [6.07, 6.45) is 5.95. The number of esters is 1. The highest BCUT2D eigenvalue weighted by Gasteiger charge is 2.42. The molecule has 56 heavy (non-hydrogen) atoms. The van der Waals surface area contributed by atoms with Crippen LogP contribution >= 0.6 is 0 Å². The zero-order valence-electron chi connectivity index (χ0n) is 33.1. The normalized spacial score (nSPS) is 18.9. The molecule has 300 valence electrons. The van der Waals surface area contributed by atoms with Crippen molar-refractivity contribution in [2.45, 2.75) is 103 Å². The Morgan fingerprint density at radius 1 is 0.929 bits per heavy atom. The topological polar surface area (TPSA) is 182 Å². The molecule has 0 spiro atoms. The lowest BCUT2D eigenvalue weighted by atomic mass is 9.82. The van der Waals surface area contributed by atoms with Gasteiger partial charge in [-0.1, -0.05) is 83.7 Å². The maximum absolute atomic E-state index is 14.3. The number of carboxylic acids is 1. The van der Waals surface area contributed by atoms with Crippen LogP contribution in [0.4, 0.5) is 0 Å². The molecule has 2 aliphatic carbocycles. The number of fused-ring (bicyclic) bond motifs is 1. The molecule has 0 bridgehead atoms. The van der Waals surface area contributed by atoms with E-state index < -0.39 is 65.2 Å². The number of pyridine rings is 1. The molecule has 4 N–H and O–H groups in total. The van der Waals surface area contributed by atoms with Crippen molar-refractivity contribution in [3.05, 3.63) is 66.2 Å². The number of nitrogens with zero attached hydrogens (tertiary/aromatic N) is 1. The summed E-state index contributed by atoms with van der Waals surface area (Å²) in [7, 11) is 2.85. The molecule has 3 amide bonds. The van der Waals surface area contributed by atoms with Crippen molar-refractivity contribution in [3.63, 3.8) is 0 Å². The Kier molecular flexibility index (Phi) is 13.7. The Hall–Kier alpha value is -5.46. The van der Waals surface area contributed by atoms with Gasteiger partial charge in [0.2, 0.25) is 17.7 Å². The standard InChI is InChI=1S/C43H54N4O9/c1-7-14-32(41(51)52)45-38(48)30-21-28(56-35-24-33(25-15-10-8-11-16-25)44-34-23-27(54-5)19-20-29(34)35)22-31(30)39(49)47-37(43(2,3)4)40(50)46-36(42(53)55-6)26-17-12-9-13-18-26/h8,10-11,15-16,19-20,22-24,26,28,30,32,36-37H,7,9,12-14,17-18,21H2,1-6H3,(H,45,48)(H,46,50)(H,47,49)(H,51,52)/t28-,30-,32+,36+,37+/m1/s1. The summed E-state index contributed by atoms with van der Waals surface area (Å²) in [5.41, 5.74) is 1.31. The van der Waals surface area contributed by atoms with E-state index in [1.165, 1.54) is 7.11 Å². The number of hydrogen-bond acceptors (Lipinski definition) is 9. The van der Waals surface area contributed by atoms with Crippen LogP contribution in [0.3, 0.4) is 0 Å². The summed E-state index contributed by atoms with van der Waals surface area (Å²) in [6, 6.07) is 13.6. The molecule has 2 aromatic carbocycles. The first-order valence-corrected chi connectivity index (χ1v) is 19.4. The maximum Gasteiger partial charge on any atom is 0.328 e. The largest absolute Gasteiger partial charge is 0.497 e. The van der Waals surface area contributed by atoms with E-state index in [0.717, 1.165) is 37.7 Å². The number of amides is 3. The number of aliphatic carboxylic acids is 1. The lowest BCUT2D eigenvalue weighted by Gasteiger charge is -2.34. The summed E-state index contributed by atoms with van der Waals surface area (Å²) >= 11 is 0. The molecule has 1 saturated carbocycles. The summed E-state index contributed by atoms with van der Waals surface area (Å²) in [4.78, 5) is 72.1. The lowest BCUT2D eigenvalue weighted by molar-refractivity contribution is -0.148. The summed E-state index contributed by atoms with van der Waals surface area (Å²) in [5, 5.41) is 18.9. The van der Waals surface area contributed by atoms with Gasteiger partial charge in [-0.3, -0.25) is 14.4 Å². The van der Waals surface area contributed by atoms with E-state index >= 15 is 0 Å². The van der Waals surface area contributed by atoms with E-state index in [2.05, 4.69) is 16.0 Å². The summed E-state index contributed by atoms with van der Waals surface area (Å²) < 4.78 is 17.1. The van der Waals surface area contributed by atoms with Crippen LogP contribution in [0, 0.1) is 17.3 Å². The van der Waals surface area contributed by atoms with E-state index in [1.54, 1.807) is 52.2 Å². The van der Waals surface area contributed by atoms with Gasteiger partial charge in [0.1, 0.15) is 35.7 Å². The van der Waals surface area contributed by atoms with Crippen LogP contribution in [-0.2, 0) is 28.7 Å². The number of benzene rings is 2. The molecule has 5 atom stereocenters. The second-order valence-electron chi connectivity index (χ2n) is 15.7. The summed E-state index contributed by atoms with van der Waals surface area (Å²) in [6.45, 7) is 7.19. The summed E-state index contributed by atoms with van der Waals surface area (Å²) in [5.74, 6) is -3.76. The molecule has 3 aromatic rings. The van der Waals surface area contributed by atoms with Gasteiger partial charge >= 0.3 is 11.9 Å². The van der Waals surface area contributed by atoms with Gasteiger partial charge in [-0.2, -0.15) is 0 Å². The number of methoxy groups -OCH3 is 2. The second kappa shape index (κ2) is 18.4. The molecule has 13 nitrogen and oxygen atoms in total. The minimum atomic E-state index is -1.18. The molecule has 1 fully saturated rings. The highest BCUT2D eigenvalue weighted by Crippen LogP contribution is 2.37. The molecule has 5 rings (SSSR count). The van der Waals surface area contributed by atoms with Gasteiger partial charge in [-0.15, -0.1) is 0 Å². The predicted molar refractivity (Wildman–Crippen MR) is 211 cm³/mol. The van der Waals surface area contributed by atoms with Gasteiger partial charge in [-0.05, 0) is 48.8 Å². The number of carboxylic acid groups (broad SMARTS) is 1. The highest BCUT2D eigenvalue weighted by atomic mass is 16.5. The van der Waals surface area contributed by atoms with Crippen molar-refractivity contribution in [2.24, 2.45) is 17.3 Å². The first kappa shape index (κ1) is 41.7. The van der Waals surface area contributed by atoms with Gasteiger partial charge < -0.3 is 35.3 Å². The van der Waals surface area contributed by atoms with Crippen molar-refractivity contribution < 1.29 is 43.3 Å². The minimum Gasteiger partial charge on any atom is -0.497 e. The molecular weight excluding hydrogens is 716 g/mol. The predicted octanol–water partition coefficient (Wildman–Crippen LogP) is 5.74. The maximum atomic E-state index is 14.3. The Bertz CT molecular complexity index is 1930. The smallest absolute Gasteiger partial charge is 0.328 e. The average molecular weight is 771 g/mol. The molecule has 0 aliphatic heterocycles. The molecule has 13 heteroatoms. The monoisotopic (exact) mass is 770 g/mol. The molecular formula is C43H54N4O9. The van der Waals surface area contributed by atoms with Crippen molar-refractivity contribution in [3.8, 4) is 22.8 Å². The van der Waals surface area contributed by atoms with Gasteiger partial charge in [-0.25, -0.2) is 14.6 Å². The van der Waals surface area contributed by atoms with E-state index in [1.807, 2.05) is 43.3 Å². The van der Waals surface area contributed by atoms with Gasteiger partial charge in [0, 0.05) is 35.1 Å². The van der Waals surface area contributed by atoms with Gasteiger partial charge in [0.05, 0.1) is 31.3 Å². The van der Waals surface area contributed by atoms with Gasteiger partial charge in [0.25, 0.3) is 0 Å². The molecule has 0 saturated heterocycles. The first-order valence-electron chi connectivity index (χ1n) is 19.4. The molecule has 0 radical (unpaired) electrons. The Balaban J connectivity index is 1.48. The number of ether oxygens (including phenoxy) is 3. The van der Waals surface area contributed by atoms with Crippen molar-refractivity contribution in [1.82, 2.24) is 20.9 Å². The lowest BCUT2D eigenvalue weighted by Crippen LogP contribution is -2.58. The van der Waals surface area contributed by atoms with Crippen LogP contribution in [0.1, 0.15) is 79.1 Å². The fourth-order valence-corrected chi connectivity index (χ4v) is 7.54. The highest BCUT2D eigenvalue weighted by molar-refractivity contribution is 6.04. The van der Waals surface area contributed by atoms with Crippen molar-refractivity contribution in [1.29, 1.82) is 0 Å².